The molecule has 0 aliphatic carbocycles. The number of amides is 1. The van der Waals surface area contributed by atoms with Gasteiger partial charge in [0.1, 0.15) is 5.75 Å². The Morgan fingerprint density at radius 1 is 1.12 bits per heavy atom. The van der Waals surface area contributed by atoms with Crippen molar-refractivity contribution in [3.63, 3.8) is 0 Å². The van der Waals surface area contributed by atoms with Crippen LogP contribution in [-0.4, -0.2) is 25.3 Å². The molecule has 0 spiro atoms. The molecule has 0 radical (unpaired) electrons. The van der Waals surface area contributed by atoms with Gasteiger partial charge < -0.3 is 10.1 Å². The van der Waals surface area contributed by atoms with Gasteiger partial charge in [0.15, 0.2) is 0 Å². The predicted octanol–water partition coefficient (Wildman–Crippen LogP) is 4.29. The summed E-state index contributed by atoms with van der Waals surface area (Å²) in [6, 6.07) is 14.5. The van der Waals surface area contributed by atoms with Crippen LogP contribution in [0.4, 0.5) is 0 Å². The van der Waals surface area contributed by atoms with Crippen molar-refractivity contribution in [3.05, 3.63) is 64.7 Å². The number of methoxy groups -OCH3 is 1. The molecular weight excluding hydrogens is 330 g/mol. The van der Waals surface area contributed by atoms with Crippen molar-refractivity contribution in [2.75, 3.05) is 19.4 Å². The maximum atomic E-state index is 12.0. The molecule has 1 amide bonds. The third-order valence-corrected chi connectivity index (χ3v) is 5.20. The maximum absolute atomic E-state index is 12.0. The number of nitrogens with one attached hydrogen (secondary N) is 1. The third-order valence-electron chi connectivity index (χ3n) is 4.19. The Balaban J connectivity index is 1.62. The topological polar surface area (TPSA) is 38.3 Å². The van der Waals surface area contributed by atoms with Crippen molar-refractivity contribution >= 4 is 17.7 Å². The largest absolute Gasteiger partial charge is 0.496 e. The number of aryl methyl sites for hydroxylation is 3. The molecule has 0 bridgehead atoms. The lowest BCUT2D eigenvalue weighted by molar-refractivity contribution is -0.120. The molecule has 0 atom stereocenters. The molecule has 2 aromatic rings. The average Bonchev–Trinajstić information content (AvgIpc) is 2.61. The van der Waals surface area contributed by atoms with Gasteiger partial charge in [-0.25, -0.2) is 0 Å². The van der Waals surface area contributed by atoms with Crippen LogP contribution in [-0.2, 0) is 17.0 Å². The molecule has 1 N–H and O–H groups in total. The maximum Gasteiger partial charge on any atom is 0.220 e. The van der Waals surface area contributed by atoms with E-state index >= 15 is 0 Å². The van der Waals surface area contributed by atoms with E-state index in [-0.39, 0.29) is 5.91 Å². The highest BCUT2D eigenvalue weighted by molar-refractivity contribution is 7.98. The standard InChI is InChI=1S/C21H27NO2S/c1-16-6-4-5-7-19(16)15-25-13-12-22-21(23)11-9-18-8-10-20(24-3)17(2)14-18/h4-8,10,14H,9,11-13,15H2,1-3H3,(H,22,23). The first-order chi connectivity index (χ1) is 12.1. The summed E-state index contributed by atoms with van der Waals surface area (Å²) in [7, 11) is 1.67. The Bertz CT molecular complexity index is 700. The van der Waals surface area contributed by atoms with Crippen LogP contribution in [0.3, 0.4) is 0 Å². The van der Waals surface area contributed by atoms with Crippen molar-refractivity contribution in [1.82, 2.24) is 5.32 Å². The summed E-state index contributed by atoms with van der Waals surface area (Å²) in [5.74, 6) is 2.93. The summed E-state index contributed by atoms with van der Waals surface area (Å²) in [5.41, 5.74) is 4.97. The number of hydrogen-bond donors (Lipinski definition) is 1. The van der Waals surface area contributed by atoms with Gasteiger partial charge in [0.2, 0.25) is 5.91 Å². The van der Waals surface area contributed by atoms with Crippen LogP contribution in [0.15, 0.2) is 42.5 Å². The van der Waals surface area contributed by atoms with Gasteiger partial charge in [-0.1, -0.05) is 36.4 Å². The van der Waals surface area contributed by atoms with Crippen molar-refractivity contribution in [1.29, 1.82) is 0 Å². The van der Waals surface area contributed by atoms with Gasteiger partial charge in [-0.3, -0.25) is 4.79 Å². The lowest BCUT2D eigenvalue weighted by Gasteiger charge is -2.08. The Kier molecular flexibility index (Phi) is 7.86. The molecule has 3 nitrogen and oxygen atoms in total. The first-order valence-electron chi connectivity index (χ1n) is 8.62. The van der Waals surface area contributed by atoms with E-state index in [2.05, 4.69) is 42.6 Å². The first-order valence-corrected chi connectivity index (χ1v) is 9.78. The van der Waals surface area contributed by atoms with E-state index < -0.39 is 0 Å². The zero-order valence-corrected chi connectivity index (χ0v) is 16.1. The Hall–Kier alpha value is -1.94. The van der Waals surface area contributed by atoms with E-state index in [0.29, 0.717) is 6.42 Å². The summed E-state index contributed by atoms with van der Waals surface area (Å²) in [6.07, 6.45) is 1.28. The smallest absolute Gasteiger partial charge is 0.220 e. The van der Waals surface area contributed by atoms with Gasteiger partial charge in [-0.05, 0) is 48.6 Å². The quantitative estimate of drug-likeness (QED) is 0.680. The normalized spacial score (nSPS) is 10.5. The molecule has 25 heavy (non-hydrogen) atoms. The molecule has 2 rings (SSSR count). The van der Waals surface area contributed by atoms with Gasteiger partial charge in [0.25, 0.3) is 0 Å². The Labute approximate surface area is 155 Å². The number of carbonyl (C=O) groups excluding carboxylic acids is 1. The second kappa shape index (κ2) is 10.1. The summed E-state index contributed by atoms with van der Waals surface area (Å²) >= 11 is 1.85. The van der Waals surface area contributed by atoms with Crippen LogP contribution in [0.5, 0.6) is 5.75 Å². The number of thioether (sulfide) groups is 1. The lowest BCUT2D eigenvalue weighted by Crippen LogP contribution is -2.25. The monoisotopic (exact) mass is 357 g/mol. The highest BCUT2D eigenvalue weighted by Gasteiger charge is 2.04. The number of benzene rings is 2. The van der Waals surface area contributed by atoms with Crippen LogP contribution in [0, 0.1) is 13.8 Å². The molecule has 0 unspecified atom stereocenters. The molecule has 0 saturated heterocycles. The predicted molar refractivity (Wildman–Crippen MR) is 106 cm³/mol. The van der Waals surface area contributed by atoms with E-state index in [9.17, 15) is 4.79 Å². The Morgan fingerprint density at radius 3 is 2.64 bits per heavy atom. The van der Waals surface area contributed by atoms with Crippen LogP contribution in [0.2, 0.25) is 0 Å². The first kappa shape index (κ1) is 19.4. The van der Waals surface area contributed by atoms with E-state index in [1.165, 1.54) is 16.7 Å². The van der Waals surface area contributed by atoms with E-state index in [4.69, 9.17) is 4.74 Å². The number of carbonyl (C=O) groups is 1. The van der Waals surface area contributed by atoms with Crippen LogP contribution < -0.4 is 10.1 Å². The second-order valence-electron chi connectivity index (χ2n) is 6.13. The zero-order valence-electron chi connectivity index (χ0n) is 15.3. The number of ether oxygens (including phenoxy) is 1. The van der Waals surface area contributed by atoms with Gasteiger partial charge in [0.05, 0.1) is 7.11 Å². The highest BCUT2D eigenvalue weighted by Crippen LogP contribution is 2.19. The van der Waals surface area contributed by atoms with Crippen LogP contribution in [0.25, 0.3) is 0 Å². The molecular formula is C21H27NO2S. The summed E-state index contributed by atoms with van der Waals surface area (Å²) in [6.45, 7) is 4.88. The number of hydrogen-bond acceptors (Lipinski definition) is 3. The van der Waals surface area contributed by atoms with E-state index in [1.54, 1.807) is 7.11 Å². The molecule has 0 aliphatic rings. The van der Waals surface area contributed by atoms with Crippen LogP contribution in [0.1, 0.15) is 28.7 Å². The fourth-order valence-electron chi connectivity index (χ4n) is 2.66. The van der Waals surface area contributed by atoms with Crippen molar-refractivity contribution < 1.29 is 9.53 Å². The van der Waals surface area contributed by atoms with E-state index in [0.717, 1.165) is 35.8 Å². The Morgan fingerprint density at radius 2 is 1.92 bits per heavy atom. The minimum absolute atomic E-state index is 0.116. The highest BCUT2D eigenvalue weighted by atomic mass is 32.2. The van der Waals surface area contributed by atoms with Crippen molar-refractivity contribution in [2.45, 2.75) is 32.4 Å². The lowest BCUT2D eigenvalue weighted by atomic mass is 10.1. The molecule has 134 valence electrons. The third kappa shape index (κ3) is 6.46. The van der Waals surface area contributed by atoms with Gasteiger partial charge >= 0.3 is 0 Å². The zero-order chi connectivity index (χ0) is 18.1. The molecule has 0 aromatic heterocycles. The van der Waals surface area contributed by atoms with Crippen molar-refractivity contribution in [3.8, 4) is 5.75 Å². The van der Waals surface area contributed by atoms with Crippen molar-refractivity contribution in [2.24, 2.45) is 0 Å². The molecule has 0 fully saturated rings. The number of rotatable bonds is 9. The van der Waals surface area contributed by atoms with Gasteiger partial charge in [0, 0.05) is 24.5 Å². The van der Waals surface area contributed by atoms with Gasteiger partial charge in [-0.15, -0.1) is 0 Å². The minimum atomic E-state index is 0.116. The SMILES string of the molecule is COc1ccc(CCC(=O)NCCSCc2ccccc2C)cc1C. The fourth-order valence-corrected chi connectivity index (χ4v) is 3.59. The molecule has 2 aromatic carbocycles. The van der Waals surface area contributed by atoms with Crippen LogP contribution >= 0.6 is 11.8 Å². The van der Waals surface area contributed by atoms with Gasteiger partial charge in [-0.2, -0.15) is 11.8 Å². The minimum Gasteiger partial charge on any atom is -0.496 e. The molecule has 4 heteroatoms. The molecule has 0 aliphatic heterocycles. The summed E-state index contributed by atoms with van der Waals surface area (Å²) < 4.78 is 5.26. The summed E-state index contributed by atoms with van der Waals surface area (Å²) in [4.78, 5) is 12.0. The fraction of sp³-hybridized carbons (Fsp3) is 0.381. The molecule has 0 saturated carbocycles. The second-order valence-corrected chi connectivity index (χ2v) is 7.24. The average molecular weight is 358 g/mol. The molecule has 0 heterocycles. The van der Waals surface area contributed by atoms with E-state index in [1.807, 2.05) is 30.8 Å². The summed E-state index contributed by atoms with van der Waals surface area (Å²) in [5, 5.41) is 3.01.